The first kappa shape index (κ1) is 15.5. The van der Waals surface area contributed by atoms with Crippen molar-refractivity contribution >= 4 is 37.5 Å². The van der Waals surface area contributed by atoms with Crippen LogP contribution in [0.1, 0.15) is 11.1 Å². The molecule has 20 heavy (non-hydrogen) atoms. The van der Waals surface area contributed by atoms with Crippen molar-refractivity contribution in [3.05, 3.63) is 77.6 Å². The third-order valence-corrected chi connectivity index (χ3v) is 6.55. The molecule has 4 heteroatoms. The van der Waals surface area contributed by atoms with Gasteiger partial charge in [0, 0.05) is 11.5 Å². The van der Waals surface area contributed by atoms with Gasteiger partial charge in [-0.05, 0) is 33.1 Å². The van der Waals surface area contributed by atoms with E-state index in [0.717, 1.165) is 17.1 Å². The van der Waals surface area contributed by atoms with Crippen LogP contribution in [0.4, 0.5) is 4.39 Å². The first-order valence-electron chi connectivity index (χ1n) is 6.22. The molecule has 0 heterocycles. The second kappa shape index (κ2) is 9.16. The molecule has 0 aliphatic heterocycles. The normalized spacial score (nSPS) is 11.1. The Kier molecular flexibility index (Phi) is 7.12. The third-order valence-electron chi connectivity index (χ3n) is 2.51. The van der Waals surface area contributed by atoms with E-state index in [-0.39, 0.29) is 5.82 Å². The van der Waals surface area contributed by atoms with Gasteiger partial charge in [-0.1, -0.05) is 76.2 Å². The van der Waals surface area contributed by atoms with E-state index >= 15 is 0 Å². The molecule has 0 nitrogen and oxygen atoms in total. The van der Waals surface area contributed by atoms with Crippen LogP contribution in [0.25, 0.3) is 6.08 Å². The van der Waals surface area contributed by atoms with Gasteiger partial charge in [0.25, 0.3) is 0 Å². The highest BCUT2D eigenvalue weighted by atomic mass is 33.5. The van der Waals surface area contributed by atoms with Gasteiger partial charge < -0.3 is 0 Å². The fourth-order valence-electron chi connectivity index (χ4n) is 1.52. The lowest BCUT2D eigenvalue weighted by Crippen LogP contribution is -1.78. The summed E-state index contributed by atoms with van der Waals surface area (Å²) in [5, 5.41) is 0. The van der Waals surface area contributed by atoms with Crippen LogP contribution in [0.2, 0.25) is 0 Å². The molecule has 0 saturated heterocycles. The lowest BCUT2D eigenvalue weighted by Gasteiger charge is -1.99. The molecule has 2 rings (SSSR count). The number of hydrogen-bond donors (Lipinski definition) is 0. The van der Waals surface area contributed by atoms with Crippen LogP contribution in [-0.2, 0) is 5.75 Å². The highest BCUT2D eigenvalue weighted by molar-refractivity contribution is 9.09. The van der Waals surface area contributed by atoms with E-state index in [2.05, 4.69) is 24.3 Å². The first-order valence-corrected chi connectivity index (χ1v) is 10.0. The Balaban J connectivity index is 1.58. The minimum Gasteiger partial charge on any atom is -0.207 e. The van der Waals surface area contributed by atoms with Crippen molar-refractivity contribution in [3.63, 3.8) is 0 Å². The van der Waals surface area contributed by atoms with Gasteiger partial charge in [-0.3, -0.25) is 0 Å². The van der Waals surface area contributed by atoms with E-state index in [1.807, 2.05) is 41.1 Å². The SMILES string of the molecule is Fc1ccc(CSSSC/C=C/c2ccccc2)cc1. The van der Waals surface area contributed by atoms with Crippen LogP contribution >= 0.6 is 31.4 Å². The molecule has 2 aromatic carbocycles. The van der Waals surface area contributed by atoms with Crippen molar-refractivity contribution in [1.29, 1.82) is 0 Å². The highest BCUT2D eigenvalue weighted by Gasteiger charge is 1.95. The van der Waals surface area contributed by atoms with Crippen LogP contribution in [-0.4, -0.2) is 5.75 Å². The van der Waals surface area contributed by atoms with E-state index in [9.17, 15) is 4.39 Å². The summed E-state index contributed by atoms with van der Waals surface area (Å²) in [5.74, 6) is 1.71. The maximum absolute atomic E-state index is 12.7. The minimum atomic E-state index is -0.174. The lowest BCUT2D eigenvalue weighted by atomic mass is 10.2. The van der Waals surface area contributed by atoms with Gasteiger partial charge in [0.1, 0.15) is 5.82 Å². The zero-order chi connectivity index (χ0) is 14.0. The van der Waals surface area contributed by atoms with E-state index < -0.39 is 0 Å². The second-order valence-electron chi connectivity index (χ2n) is 4.05. The van der Waals surface area contributed by atoms with Gasteiger partial charge in [0.05, 0.1) is 0 Å². The Labute approximate surface area is 131 Å². The average molecular weight is 322 g/mol. The van der Waals surface area contributed by atoms with Crippen LogP contribution in [0.3, 0.4) is 0 Å². The zero-order valence-electron chi connectivity index (χ0n) is 10.9. The Morgan fingerprint density at radius 1 is 0.900 bits per heavy atom. The molecule has 0 fully saturated rings. The van der Waals surface area contributed by atoms with Crippen LogP contribution in [0.15, 0.2) is 60.7 Å². The first-order chi connectivity index (χ1) is 9.84. The van der Waals surface area contributed by atoms with Gasteiger partial charge >= 0.3 is 0 Å². The molecule has 0 bridgehead atoms. The smallest absolute Gasteiger partial charge is 0.123 e. The molecule has 0 aromatic heterocycles. The predicted molar refractivity (Wildman–Crippen MR) is 93.2 cm³/mol. The van der Waals surface area contributed by atoms with Gasteiger partial charge in [-0.25, -0.2) is 4.39 Å². The quantitative estimate of drug-likeness (QED) is 0.448. The summed E-state index contributed by atoms with van der Waals surface area (Å²) in [6.45, 7) is 0. The molecule has 0 N–H and O–H groups in total. The van der Waals surface area contributed by atoms with E-state index in [1.165, 1.54) is 17.7 Å². The molecule has 0 aliphatic rings. The van der Waals surface area contributed by atoms with Gasteiger partial charge in [-0.2, -0.15) is 0 Å². The van der Waals surface area contributed by atoms with Gasteiger partial charge in [-0.15, -0.1) is 0 Å². The zero-order valence-corrected chi connectivity index (χ0v) is 13.3. The van der Waals surface area contributed by atoms with Crippen molar-refractivity contribution in [2.24, 2.45) is 0 Å². The third kappa shape index (κ3) is 6.07. The second-order valence-corrected chi connectivity index (χ2v) is 8.33. The Morgan fingerprint density at radius 2 is 1.65 bits per heavy atom. The number of benzene rings is 2. The van der Waals surface area contributed by atoms with Crippen molar-refractivity contribution in [2.45, 2.75) is 5.75 Å². The monoisotopic (exact) mass is 322 g/mol. The summed E-state index contributed by atoms with van der Waals surface area (Å²) >= 11 is 0. The molecule has 104 valence electrons. The molecule has 0 spiro atoms. The van der Waals surface area contributed by atoms with Crippen LogP contribution < -0.4 is 0 Å². The molecule has 0 amide bonds. The summed E-state index contributed by atoms with van der Waals surface area (Å²) in [6.07, 6.45) is 4.31. The Hall–Kier alpha value is -0.840. The molecule has 2 aromatic rings. The van der Waals surface area contributed by atoms with Gasteiger partial charge in [0.15, 0.2) is 0 Å². The summed E-state index contributed by atoms with van der Waals surface area (Å²) in [7, 11) is 5.37. The van der Waals surface area contributed by atoms with Crippen LogP contribution in [0.5, 0.6) is 0 Å². The Morgan fingerprint density at radius 3 is 2.40 bits per heavy atom. The summed E-state index contributed by atoms with van der Waals surface area (Å²) in [6, 6.07) is 17.0. The molecule has 0 atom stereocenters. The number of hydrogen-bond acceptors (Lipinski definition) is 3. The van der Waals surface area contributed by atoms with E-state index in [4.69, 9.17) is 0 Å². The molecule has 0 saturated carbocycles. The standard InChI is InChI=1S/C16H15FS3/c17-16-10-8-15(9-11-16)13-19-20-18-12-4-7-14-5-2-1-3-6-14/h1-11H,12-13H2/b7-4+. The van der Waals surface area contributed by atoms with Crippen molar-refractivity contribution in [1.82, 2.24) is 0 Å². The lowest BCUT2D eigenvalue weighted by molar-refractivity contribution is 0.627. The Bertz CT molecular complexity index is 523. The fourth-order valence-corrected chi connectivity index (χ4v) is 4.90. The van der Waals surface area contributed by atoms with E-state index in [0.29, 0.717) is 0 Å². The maximum atomic E-state index is 12.7. The molecular weight excluding hydrogens is 307 g/mol. The summed E-state index contributed by atoms with van der Waals surface area (Å²) in [4.78, 5) is 0. The van der Waals surface area contributed by atoms with Crippen LogP contribution in [0, 0.1) is 5.82 Å². The summed E-state index contributed by atoms with van der Waals surface area (Å²) in [5.41, 5.74) is 2.39. The predicted octanol–water partition coefficient (Wildman–Crippen LogP) is 6.07. The van der Waals surface area contributed by atoms with E-state index in [1.54, 1.807) is 20.6 Å². The number of halogens is 1. The van der Waals surface area contributed by atoms with Crippen molar-refractivity contribution in [3.8, 4) is 0 Å². The van der Waals surface area contributed by atoms with Gasteiger partial charge in [0.2, 0.25) is 0 Å². The molecule has 0 aliphatic carbocycles. The molecule has 0 radical (unpaired) electrons. The topological polar surface area (TPSA) is 0 Å². The largest absolute Gasteiger partial charge is 0.207 e. The minimum absolute atomic E-state index is 0.174. The van der Waals surface area contributed by atoms with Crippen molar-refractivity contribution < 1.29 is 4.39 Å². The maximum Gasteiger partial charge on any atom is 0.123 e. The molecule has 0 unspecified atom stereocenters. The van der Waals surface area contributed by atoms with Crippen molar-refractivity contribution in [2.75, 3.05) is 5.75 Å². The summed E-state index contributed by atoms with van der Waals surface area (Å²) < 4.78 is 12.7. The average Bonchev–Trinajstić information content (AvgIpc) is 2.49. The molecular formula is C16H15FS3. The highest BCUT2D eigenvalue weighted by Crippen LogP contribution is 2.36. The fraction of sp³-hybridized carbons (Fsp3) is 0.125. The number of rotatable bonds is 7.